The summed E-state index contributed by atoms with van der Waals surface area (Å²) in [6, 6.07) is 2.38. The van der Waals surface area contributed by atoms with Gasteiger partial charge in [0.05, 0.1) is 10.5 Å². The van der Waals surface area contributed by atoms with E-state index in [4.69, 9.17) is 10.8 Å². The summed E-state index contributed by atoms with van der Waals surface area (Å²) < 4.78 is 26.7. The fourth-order valence-corrected chi connectivity index (χ4v) is 3.36. The number of primary amides is 1. The van der Waals surface area contributed by atoms with E-state index in [9.17, 15) is 18.0 Å². The van der Waals surface area contributed by atoms with Crippen LogP contribution >= 0.6 is 15.9 Å². The molecule has 0 aliphatic carbocycles. The Morgan fingerprint density at radius 3 is 2.50 bits per heavy atom. The molecule has 4 N–H and O–H groups in total. The molecule has 1 aromatic carbocycles. The van der Waals surface area contributed by atoms with E-state index in [0.717, 1.165) is 6.07 Å². The number of sulfonamides is 1. The average molecular weight is 365 g/mol. The largest absolute Gasteiger partial charge is 0.478 e. The molecule has 0 saturated carbocycles. The summed E-state index contributed by atoms with van der Waals surface area (Å²) in [6.45, 7) is 1.39. The highest BCUT2D eigenvalue weighted by Gasteiger charge is 2.21. The number of benzene rings is 1. The quantitative estimate of drug-likeness (QED) is 0.681. The summed E-state index contributed by atoms with van der Waals surface area (Å²) >= 11 is 3.12. The van der Waals surface area contributed by atoms with Gasteiger partial charge in [0.1, 0.15) is 0 Å². The first kappa shape index (κ1) is 16.6. The molecule has 0 aliphatic rings. The average Bonchev–Trinajstić information content (AvgIpc) is 2.31. The third kappa shape index (κ3) is 4.02. The summed E-state index contributed by atoms with van der Waals surface area (Å²) in [5, 5.41) is 8.94. The number of carbonyl (C=O) groups excluding carboxylic acids is 1. The van der Waals surface area contributed by atoms with E-state index in [1.807, 2.05) is 0 Å². The zero-order chi connectivity index (χ0) is 15.5. The Hall–Kier alpha value is -1.45. The summed E-state index contributed by atoms with van der Waals surface area (Å²) in [6.07, 6.45) is -0.141. The number of hydrogen-bond donors (Lipinski definition) is 3. The molecule has 9 heteroatoms. The number of hydrogen-bond acceptors (Lipinski definition) is 4. The zero-order valence-corrected chi connectivity index (χ0v) is 12.9. The molecule has 0 spiro atoms. The molecule has 1 aromatic rings. The maximum atomic E-state index is 12.1. The van der Waals surface area contributed by atoms with Crippen LogP contribution in [0.4, 0.5) is 0 Å². The molecule has 0 saturated heterocycles. The lowest BCUT2D eigenvalue weighted by Crippen LogP contribution is -2.28. The van der Waals surface area contributed by atoms with Crippen molar-refractivity contribution < 1.29 is 23.1 Å². The first-order chi connectivity index (χ1) is 9.15. The highest BCUT2D eigenvalue weighted by Crippen LogP contribution is 2.25. The van der Waals surface area contributed by atoms with Gasteiger partial charge >= 0.3 is 5.97 Å². The van der Waals surface area contributed by atoms with Crippen LogP contribution < -0.4 is 10.5 Å². The molecule has 110 valence electrons. The third-order valence-electron chi connectivity index (χ3n) is 2.50. The van der Waals surface area contributed by atoms with Crippen molar-refractivity contribution in [3.05, 3.63) is 27.7 Å². The number of carboxylic acid groups (broad SMARTS) is 1. The fourth-order valence-electron chi connectivity index (χ4n) is 1.44. The molecule has 0 radical (unpaired) electrons. The lowest BCUT2D eigenvalue weighted by molar-refractivity contribution is -0.117. The minimum atomic E-state index is -3.92. The van der Waals surface area contributed by atoms with Crippen molar-refractivity contribution in [2.24, 2.45) is 5.73 Å². The van der Waals surface area contributed by atoms with E-state index in [1.54, 1.807) is 6.92 Å². The maximum Gasteiger partial charge on any atom is 0.335 e. The summed E-state index contributed by atoms with van der Waals surface area (Å²) in [4.78, 5) is 21.4. The second-order valence-electron chi connectivity index (χ2n) is 4.00. The monoisotopic (exact) mass is 364 g/mol. The van der Waals surface area contributed by atoms with Gasteiger partial charge in [0.15, 0.2) is 0 Å². The van der Waals surface area contributed by atoms with Gasteiger partial charge in [-0.2, -0.15) is 0 Å². The van der Waals surface area contributed by atoms with E-state index in [0.29, 0.717) is 10.0 Å². The van der Waals surface area contributed by atoms with Crippen molar-refractivity contribution >= 4 is 37.8 Å². The predicted octanol–water partition coefficient (Wildman–Crippen LogP) is 0.609. The van der Waals surface area contributed by atoms with E-state index < -0.39 is 21.9 Å². The number of amides is 1. The molecule has 0 aliphatic heterocycles. The van der Waals surface area contributed by atoms with Gasteiger partial charge in [-0.15, -0.1) is 0 Å². The number of halogens is 1. The number of aromatic carboxylic acids is 1. The summed E-state index contributed by atoms with van der Waals surface area (Å²) in [7, 11) is -3.92. The van der Waals surface area contributed by atoms with Crippen molar-refractivity contribution in [3.63, 3.8) is 0 Å². The van der Waals surface area contributed by atoms with Crippen LogP contribution in [0.1, 0.15) is 22.3 Å². The SMILES string of the molecule is Cc1c(Br)cc(C(=O)O)cc1S(=O)(=O)NCCC(N)=O. The van der Waals surface area contributed by atoms with Crippen LogP contribution in [0.2, 0.25) is 0 Å². The Morgan fingerprint density at radius 2 is 2.00 bits per heavy atom. The van der Waals surface area contributed by atoms with Gasteiger partial charge in [-0.3, -0.25) is 4.79 Å². The van der Waals surface area contributed by atoms with E-state index in [1.165, 1.54) is 6.07 Å². The molecular formula is C11H13BrN2O5S. The van der Waals surface area contributed by atoms with Gasteiger partial charge in [0, 0.05) is 17.4 Å². The second-order valence-corrected chi connectivity index (χ2v) is 6.59. The molecule has 1 amide bonds. The van der Waals surface area contributed by atoms with Crippen LogP contribution in [0.15, 0.2) is 21.5 Å². The van der Waals surface area contributed by atoms with E-state index in [-0.39, 0.29) is 23.4 Å². The molecular weight excluding hydrogens is 352 g/mol. The van der Waals surface area contributed by atoms with Crippen LogP contribution in [0.25, 0.3) is 0 Å². The molecule has 20 heavy (non-hydrogen) atoms. The first-order valence-corrected chi connectivity index (χ1v) is 7.74. The number of carbonyl (C=O) groups is 2. The lowest BCUT2D eigenvalue weighted by Gasteiger charge is -2.11. The smallest absolute Gasteiger partial charge is 0.335 e. The van der Waals surface area contributed by atoms with Crippen molar-refractivity contribution in [1.82, 2.24) is 4.72 Å². The molecule has 7 nitrogen and oxygen atoms in total. The number of nitrogens with one attached hydrogen (secondary N) is 1. The van der Waals surface area contributed by atoms with Crippen LogP contribution in [-0.2, 0) is 14.8 Å². The molecule has 0 fully saturated rings. The Kier molecular flexibility index (Phi) is 5.26. The minimum absolute atomic E-state index is 0.141. The number of rotatable bonds is 6. The van der Waals surface area contributed by atoms with Crippen molar-refractivity contribution in [2.45, 2.75) is 18.2 Å². The topological polar surface area (TPSA) is 127 Å². The Balaban J connectivity index is 3.17. The Morgan fingerprint density at radius 1 is 1.40 bits per heavy atom. The van der Waals surface area contributed by atoms with Crippen LogP contribution in [-0.4, -0.2) is 31.9 Å². The van der Waals surface area contributed by atoms with Gasteiger partial charge in [0.25, 0.3) is 0 Å². The second kappa shape index (κ2) is 6.33. The van der Waals surface area contributed by atoms with Gasteiger partial charge < -0.3 is 10.8 Å². The third-order valence-corrected chi connectivity index (χ3v) is 4.91. The van der Waals surface area contributed by atoms with Crippen LogP contribution in [0, 0.1) is 6.92 Å². The number of carboxylic acids is 1. The zero-order valence-electron chi connectivity index (χ0n) is 10.5. The van der Waals surface area contributed by atoms with Crippen LogP contribution in [0.3, 0.4) is 0 Å². The predicted molar refractivity (Wildman–Crippen MR) is 74.8 cm³/mol. The molecule has 0 heterocycles. The summed E-state index contributed by atoms with van der Waals surface area (Å²) in [5.41, 5.74) is 5.14. The van der Waals surface area contributed by atoms with E-state index >= 15 is 0 Å². The van der Waals surface area contributed by atoms with Gasteiger partial charge in [-0.25, -0.2) is 17.9 Å². The minimum Gasteiger partial charge on any atom is -0.478 e. The summed E-state index contributed by atoms with van der Waals surface area (Å²) in [5.74, 6) is -1.87. The highest BCUT2D eigenvalue weighted by molar-refractivity contribution is 9.10. The molecule has 0 aromatic heterocycles. The van der Waals surface area contributed by atoms with Crippen molar-refractivity contribution in [1.29, 1.82) is 0 Å². The fraction of sp³-hybridized carbons (Fsp3) is 0.273. The lowest BCUT2D eigenvalue weighted by atomic mass is 10.1. The highest BCUT2D eigenvalue weighted by atomic mass is 79.9. The Bertz CT molecular complexity index is 657. The van der Waals surface area contributed by atoms with Gasteiger partial charge in [0.2, 0.25) is 15.9 Å². The van der Waals surface area contributed by atoms with Crippen molar-refractivity contribution in [3.8, 4) is 0 Å². The first-order valence-electron chi connectivity index (χ1n) is 5.46. The normalized spacial score (nSPS) is 11.3. The molecule has 1 rings (SSSR count). The Labute approximate surface area is 124 Å². The van der Waals surface area contributed by atoms with E-state index in [2.05, 4.69) is 20.7 Å². The van der Waals surface area contributed by atoms with Gasteiger partial charge in [-0.1, -0.05) is 15.9 Å². The van der Waals surface area contributed by atoms with Crippen molar-refractivity contribution in [2.75, 3.05) is 6.54 Å². The van der Waals surface area contributed by atoms with Crippen LogP contribution in [0.5, 0.6) is 0 Å². The number of nitrogens with two attached hydrogens (primary N) is 1. The molecule has 0 bridgehead atoms. The molecule has 0 atom stereocenters. The maximum absolute atomic E-state index is 12.1. The standard InChI is InChI=1S/C11H13BrN2O5S/c1-6-8(12)4-7(11(16)17)5-9(6)20(18,19)14-3-2-10(13)15/h4-5,14H,2-3H2,1H3,(H2,13,15)(H,16,17). The van der Waals surface area contributed by atoms with Gasteiger partial charge in [-0.05, 0) is 24.6 Å². The molecule has 0 unspecified atom stereocenters.